The van der Waals surface area contributed by atoms with Crippen molar-refractivity contribution in [2.75, 3.05) is 19.7 Å². The third kappa shape index (κ3) is 2.78. The van der Waals surface area contributed by atoms with Crippen LogP contribution in [-0.2, 0) is 21.4 Å². The van der Waals surface area contributed by atoms with E-state index in [0.29, 0.717) is 28.4 Å². The number of halogens is 1. The molecule has 1 fully saturated rings. The lowest BCUT2D eigenvalue weighted by Gasteiger charge is -2.30. The minimum Gasteiger partial charge on any atom is -0.391 e. The highest BCUT2D eigenvalue weighted by Crippen LogP contribution is 2.34. The Kier molecular flexibility index (Phi) is 4.45. The highest BCUT2D eigenvalue weighted by atomic mass is 79.9. The van der Waals surface area contributed by atoms with Crippen molar-refractivity contribution in [1.29, 1.82) is 0 Å². The molecule has 1 saturated heterocycles. The molecule has 18 heavy (non-hydrogen) atoms. The lowest BCUT2D eigenvalue weighted by atomic mass is 10.3. The van der Waals surface area contributed by atoms with E-state index in [0.717, 1.165) is 0 Å². The summed E-state index contributed by atoms with van der Waals surface area (Å²) in [6.45, 7) is 2.83. The van der Waals surface area contributed by atoms with Crippen LogP contribution < -0.4 is 0 Å². The van der Waals surface area contributed by atoms with Crippen LogP contribution in [0.4, 0.5) is 0 Å². The number of morpholine rings is 1. The third-order valence-electron chi connectivity index (χ3n) is 2.68. The molecule has 5 nitrogen and oxygen atoms in total. The fourth-order valence-electron chi connectivity index (χ4n) is 1.80. The molecule has 0 saturated carbocycles. The predicted molar refractivity (Wildman–Crippen MR) is 72.1 cm³/mol. The van der Waals surface area contributed by atoms with E-state index in [2.05, 4.69) is 15.9 Å². The van der Waals surface area contributed by atoms with Gasteiger partial charge in [-0.2, -0.15) is 4.31 Å². The summed E-state index contributed by atoms with van der Waals surface area (Å²) in [5.41, 5.74) is 0. The second-order valence-corrected chi connectivity index (χ2v) is 8.41. The van der Waals surface area contributed by atoms with Crippen LogP contribution in [0.5, 0.6) is 0 Å². The molecule has 1 N–H and O–H groups in total. The Balaban J connectivity index is 2.32. The van der Waals surface area contributed by atoms with Gasteiger partial charge in [-0.1, -0.05) is 0 Å². The molecule has 1 aliphatic rings. The van der Waals surface area contributed by atoms with Gasteiger partial charge in [-0.05, 0) is 28.9 Å². The van der Waals surface area contributed by atoms with E-state index in [4.69, 9.17) is 9.84 Å². The van der Waals surface area contributed by atoms with Crippen molar-refractivity contribution in [2.24, 2.45) is 0 Å². The minimum atomic E-state index is -3.51. The molecule has 2 rings (SSSR count). The van der Waals surface area contributed by atoms with Crippen LogP contribution in [0.3, 0.4) is 0 Å². The lowest BCUT2D eigenvalue weighted by Crippen LogP contribution is -2.44. The molecule has 0 radical (unpaired) electrons. The number of hydrogen-bond acceptors (Lipinski definition) is 5. The summed E-state index contributed by atoms with van der Waals surface area (Å²) in [5, 5.41) is 9.05. The first-order valence-electron chi connectivity index (χ1n) is 5.46. The largest absolute Gasteiger partial charge is 0.391 e. The van der Waals surface area contributed by atoms with Gasteiger partial charge in [0, 0.05) is 18.0 Å². The van der Waals surface area contributed by atoms with Crippen molar-refractivity contribution in [1.82, 2.24) is 4.31 Å². The summed E-state index contributed by atoms with van der Waals surface area (Å²) >= 11 is 4.48. The van der Waals surface area contributed by atoms with Crippen LogP contribution in [0.1, 0.15) is 11.8 Å². The maximum atomic E-state index is 12.4. The quantitative estimate of drug-likeness (QED) is 0.890. The van der Waals surface area contributed by atoms with E-state index in [1.165, 1.54) is 21.7 Å². The van der Waals surface area contributed by atoms with Gasteiger partial charge in [-0.15, -0.1) is 11.3 Å². The molecule has 1 aromatic heterocycles. The summed E-state index contributed by atoms with van der Waals surface area (Å²) in [6.07, 6.45) is -0.0942. The molecule has 0 aliphatic carbocycles. The van der Waals surface area contributed by atoms with E-state index in [-0.39, 0.29) is 17.6 Å². The number of aliphatic hydroxyl groups excluding tert-OH is 1. The molecule has 0 amide bonds. The van der Waals surface area contributed by atoms with Crippen LogP contribution in [0.25, 0.3) is 0 Å². The van der Waals surface area contributed by atoms with Crippen molar-refractivity contribution in [3.63, 3.8) is 0 Å². The van der Waals surface area contributed by atoms with Gasteiger partial charge in [0.05, 0.1) is 23.1 Å². The van der Waals surface area contributed by atoms with Gasteiger partial charge >= 0.3 is 0 Å². The number of rotatable bonds is 3. The van der Waals surface area contributed by atoms with E-state index < -0.39 is 10.0 Å². The van der Waals surface area contributed by atoms with Gasteiger partial charge in [0.15, 0.2) is 0 Å². The molecule has 0 spiro atoms. The molecule has 8 heteroatoms. The van der Waals surface area contributed by atoms with Crippen LogP contribution in [0, 0.1) is 0 Å². The highest BCUT2D eigenvalue weighted by Gasteiger charge is 2.31. The summed E-state index contributed by atoms with van der Waals surface area (Å²) in [4.78, 5) is 0.854. The van der Waals surface area contributed by atoms with Gasteiger partial charge < -0.3 is 9.84 Å². The lowest BCUT2D eigenvalue weighted by molar-refractivity contribution is 0.0102. The van der Waals surface area contributed by atoms with E-state index in [1.54, 1.807) is 0 Å². The average molecular weight is 356 g/mol. The zero-order valence-electron chi connectivity index (χ0n) is 9.80. The number of ether oxygens (including phenoxy) is 1. The highest BCUT2D eigenvalue weighted by molar-refractivity contribution is 9.11. The number of nitrogens with zero attached hydrogens (tertiary/aromatic N) is 1. The van der Waals surface area contributed by atoms with Gasteiger partial charge in [0.1, 0.15) is 4.90 Å². The Hall–Kier alpha value is 0.01000. The first-order chi connectivity index (χ1) is 8.45. The Morgan fingerprint density at radius 2 is 2.39 bits per heavy atom. The van der Waals surface area contributed by atoms with Crippen molar-refractivity contribution >= 4 is 37.3 Å². The van der Waals surface area contributed by atoms with E-state index in [1.807, 2.05) is 6.92 Å². The number of aliphatic hydroxyl groups is 1. The third-order valence-corrected chi connectivity index (χ3v) is 6.79. The Labute approximate surface area is 119 Å². The second kappa shape index (κ2) is 5.56. The van der Waals surface area contributed by atoms with Crippen molar-refractivity contribution in [3.05, 3.63) is 14.7 Å². The first-order valence-corrected chi connectivity index (χ1v) is 8.51. The summed E-state index contributed by atoms with van der Waals surface area (Å²) in [6, 6.07) is 1.52. The molecule has 0 bridgehead atoms. The van der Waals surface area contributed by atoms with Crippen molar-refractivity contribution in [2.45, 2.75) is 24.5 Å². The van der Waals surface area contributed by atoms with Crippen LogP contribution in [-0.4, -0.2) is 43.6 Å². The smallest absolute Gasteiger partial charge is 0.245 e. The molecule has 1 aromatic rings. The van der Waals surface area contributed by atoms with Gasteiger partial charge in [0.25, 0.3) is 0 Å². The second-order valence-electron chi connectivity index (χ2n) is 4.05. The SMILES string of the molecule is CC1CN(S(=O)(=O)c2cc(CO)sc2Br)CCO1. The molecule has 1 atom stereocenters. The topological polar surface area (TPSA) is 66.8 Å². The Bertz CT molecular complexity index is 528. The molecule has 1 aliphatic heterocycles. The molecule has 1 unspecified atom stereocenters. The summed E-state index contributed by atoms with van der Waals surface area (Å²) < 4.78 is 32.2. The predicted octanol–water partition coefficient (Wildman–Crippen LogP) is 1.41. The maximum Gasteiger partial charge on any atom is 0.245 e. The first kappa shape index (κ1) is 14.4. The zero-order chi connectivity index (χ0) is 13.3. The standard InChI is InChI=1S/C10H14BrNO4S2/c1-7-5-12(2-3-16-7)18(14,15)9-4-8(6-13)17-10(9)11/h4,7,13H,2-3,5-6H2,1H3. The zero-order valence-corrected chi connectivity index (χ0v) is 13.0. The van der Waals surface area contributed by atoms with Gasteiger partial charge in [-0.3, -0.25) is 0 Å². The molecule has 2 heterocycles. The van der Waals surface area contributed by atoms with Gasteiger partial charge in [-0.25, -0.2) is 8.42 Å². The van der Waals surface area contributed by atoms with Crippen molar-refractivity contribution < 1.29 is 18.3 Å². The van der Waals surface area contributed by atoms with Crippen LogP contribution in [0.15, 0.2) is 14.7 Å². The van der Waals surface area contributed by atoms with E-state index >= 15 is 0 Å². The number of hydrogen-bond donors (Lipinski definition) is 1. The molecular weight excluding hydrogens is 342 g/mol. The Morgan fingerprint density at radius 3 is 2.94 bits per heavy atom. The maximum absolute atomic E-state index is 12.4. The average Bonchev–Trinajstić information content (AvgIpc) is 2.71. The van der Waals surface area contributed by atoms with Crippen LogP contribution >= 0.6 is 27.3 Å². The minimum absolute atomic E-state index is 0.0942. The van der Waals surface area contributed by atoms with Gasteiger partial charge in [0.2, 0.25) is 10.0 Å². The number of thiophene rings is 1. The summed E-state index contributed by atoms with van der Waals surface area (Å²) in [5.74, 6) is 0. The van der Waals surface area contributed by atoms with Crippen LogP contribution in [0.2, 0.25) is 0 Å². The fourth-order valence-corrected chi connectivity index (χ4v) is 5.79. The monoisotopic (exact) mass is 355 g/mol. The van der Waals surface area contributed by atoms with E-state index in [9.17, 15) is 8.42 Å². The Morgan fingerprint density at radius 1 is 1.67 bits per heavy atom. The normalized spacial score (nSPS) is 22.3. The van der Waals surface area contributed by atoms with Crippen molar-refractivity contribution in [3.8, 4) is 0 Å². The molecule has 0 aromatic carbocycles. The fraction of sp³-hybridized carbons (Fsp3) is 0.600. The molecular formula is C10H14BrNO4S2. The summed E-state index contributed by atoms with van der Waals surface area (Å²) in [7, 11) is -3.51. The molecule has 102 valence electrons. The number of sulfonamides is 1.